The van der Waals surface area contributed by atoms with Gasteiger partial charge in [0.25, 0.3) is 0 Å². The zero-order valence-corrected chi connectivity index (χ0v) is 23.9. The van der Waals surface area contributed by atoms with E-state index in [4.69, 9.17) is 10.5 Å². The zero-order valence-electron chi connectivity index (χ0n) is 23.9. The minimum absolute atomic E-state index is 0.0634. The molecule has 3 aromatic rings. The summed E-state index contributed by atoms with van der Waals surface area (Å²) in [7, 11) is 2.01. The molecule has 1 saturated heterocycles. The quantitative estimate of drug-likeness (QED) is 0.250. The SMILES string of the molecule is CCN(CC)CCNC=O.CN1CCOc2ncc(Nc3ncc(-c4ccc(N5C(=O)CCC5N)cc4)cn3)cc21. The highest BCUT2D eigenvalue weighted by Gasteiger charge is 2.29. The lowest BCUT2D eigenvalue weighted by molar-refractivity contribution is -0.117. The van der Waals surface area contributed by atoms with Crippen LogP contribution in [0.3, 0.4) is 0 Å². The predicted octanol–water partition coefficient (Wildman–Crippen LogP) is 2.60. The molecule has 0 radical (unpaired) electrons. The van der Waals surface area contributed by atoms with E-state index in [1.807, 2.05) is 37.4 Å². The number of fused-ring (bicyclic) bond motifs is 1. The second-order valence-corrected chi connectivity index (χ2v) is 9.75. The lowest BCUT2D eigenvalue weighted by Crippen LogP contribution is -2.39. The van der Waals surface area contributed by atoms with Gasteiger partial charge in [-0.05, 0) is 43.3 Å². The number of benzene rings is 1. The fourth-order valence-electron chi connectivity index (χ4n) is 4.64. The van der Waals surface area contributed by atoms with E-state index in [1.54, 1.807) is 23.5 Å². The van der Waals surface area contributed by atoms with E-state index < -0.39 is 0 Å². The molecule has 0 bridgehead atoms. The maximum absolute atomic E-state index is 12.0. The molecule has 12 nitrogen and oxygen atoms in total. The van der Waals surface area contributed by atoms with Gasteiger partial charge in [-0.3, -0.25) is 14.5 Å². The van der Waals surface area contributed by atoms with Crippen molar-refractivity contribution in [2.24, 2.45) is 5.73 Å². The Hall–Kier alpha value is -4.29. The minimum atomic E-state index is -0.253. The summed E-state index contributed by atoms with van der Waals surface area (Å²) in [5.74, 6) is 1.18. The first-order valence-electron chi connectivity index (χ1n) is 13.9. The van der Waals surface area contributed by atoms with Crippen LogP contribution in [-0.2, 0) is 9.59 Å². The van der Waals surface area contributed by atoms with Gasteiger partial charge < -0.3 is 30.9 Å². The van der Waals surface area contributed by atoms with Crippen molar-refractivity contribution in [1.29, 1.82) is 0 Å². The Kier molecular flexibility index (Phi) is 10.4. The summed E-state index contributed by atoms with van der Waals surface area (Å²) < 4.78 is 5.58. The van der Waals surface area contributed by atoms with Crippen molar-refractivity contribution in [3.8, 4) is 17.0 Å². The number of rotatable bonds is 10. The molecule has 5 rings (SSSR count). The summed E-state index contributed by atoms with van der Waals surface area (Å²) in [6, 6.07) is 9.68. The number of likely N-dealkylation sites (N-methyl/N-ethyl adjacent to an activating group) is 2. The fourth-order valence-corrected chi connectivity index (χ4v) is 4.64. The van der Waals surface area contributed by atoms with Crippen molar-refractivity contribution in [3.05, 3.63) is 48.9 Å². The first-order chi connectivity index (χ1) is 19.9. The molecule has 2 aliphatic heterocycles. The largest absolute Gasteiger partial charge is 0.474 e. The molecule has 4 heterocycles. The number of hydrogen-bond acceptors (Lipinski definition) is 10. The van der Waals surface area contributed by atoms with Crippen molar-refractivity contribution in [2.45, 2.75) is 32.9 Å². The summed E-state index contributed by atoms with van der Waals surface area (Å²) in [4.78, 5) is 41.1. The molecule has 4 N–H and O–H groups in total. The monoisotopic (exact) mass is 561 g/mol. The van der Waals surface area contributed by atoms with Crippen molar-refractivity contribution >= 4 is 35.3 Å². The van der Waals surface area contributed by atoms with Gasteiger partial charge in [-0.25, -0.2) is 15.0 Å². The molecule has 0 spiro atoms. The Labute approximate surface area is 240 Å². The lowest BCUT2D eigenvalue weighted by atomic mass is 10.1. The van der Waals surface area contributed by atoms with Crippen LogP contribution >= 0.6 is 0 Å². The van der Waals surface area contributed by atoms with Crippen molar-refractivity contribution < 1.29 is 14.3 Å². The zero-order chi connectivity index (χ0) is 29.2. The number of anilines is 4. The van der Waals surface area contributed by atoms with Gasteiger partial charge in [0.15, 0.2) is 0 Å². The molecular weight excluding hydrogens is 522 g/mol. The van der Waals surface area contributed by atoms with Gasteiger partial charge in [0.1, 0.15) is 12.3 Å². The third kappa shape index (κ3) is 7.68. The van der Waals surface area contributed by atoms with Crippen LogP contribution in [0.1, 0.15) is 26.7 Å². The molecule has 1 unspecified atom stereocenters. The molecule has 218 valence electrons. The number of amides is 2. The molecule has 2 aliphatic rings. The molecule has 0 saturated carbocycles. The van der Waals surface area contributed by atoms with Crippen LogP contribution in [-0.4, -0.2) is 84.7 Å². The molecule has 12 heteroatoms. The number of ether oxygens (including phenoxy) is 1. The van der Waals surface area contributed by atoms with Crippen molar-refractivity contribution in [1.82, 2.24) is 25.2 Å². The topological polar surface area (TPSA) is 142 Å². The summed E-state index contributed by atoms with van der Waals surface area (Å²) in [6.07, 6.45) is 6.90. The van der Waals surface area contributed by atoms with E-state index in [2.05, 4.69) is 49.2 Å². The van der Waals surface area contributed by atoms with E-state index in [1.165, 1.54) is 0 Å². The average molecular weight is 562 g/mol. The van der Waals surface area contributed by atoms with Crippen LogP contribution in [0.4, 0.5) is 23.0 Å². The molecule has 2 aromatic heterocycles. The Morgan fingerprint density at radius 2 is 1.83 bits per heavy atom. The summed E-state index contributed by atoms with van der Waals surface area (Å²) >= 11 is 0. The van der Waals surface area contributed by atoms with E-state index in [-0.39, 0.29) is 12.1 Å². The van der Waals surface area contributed by atoms with Gasteiger partial charge in [0, 0.05) is 50.2 Å². The normalized spacial score (nSPS) is 16.0. The standard InChI is InChI=1S/C22H23N7O2.C7H16N2O/c1-28-8-9-31-21-18(28)10-16(13-24-21)27-22-25-11-15(12-26-22)14-2-4-17(5-3-14)29-19(23)6-7-20(29)30;1-3-9(4-2)6-5-8-7-10/h2-5,10-13,19H,6-9,23H2,1H3,(H,25,26,27);7H,3-6H2,1-2H3,(H,8,10). The first kappa shape index (κ1) is 29.7. The third-order valence-electron chi connectivity index (χ3n) is 7.10. The average Bonchev–Trinajstić information content (AvgIpc) is 3.34. The van der Waals surface area contributed by atoms with Crippen LogP contribution in [0.5, 0.6) is 5.88 Å². The minimum Gasteiger partial charge on any atom is -0.474 e. The molecule has 1 atom stereocenters. The molecule has 2 amide bonds. The van der Waals surface area contributed by atoms with Gasteiger partial charge in [-0.1, -0.05) is 26.0 Å². The first-order valence-corrected chi connectivity index (χ1v) is 13.9. The molecule has 41 heavy (non-hydrogen) atoms. The summed E-state index contributed by atoms with van der Waals surface area (Å²) in [5.41, 5.74) is 10.4. The fraction of sp³-hybridized carbons (Fsp3) is 0.414. The number of aromatic nitrogens is 3. The van der Waals surface area contributed by atoms with Gasteiger partial charge in [0.05, 0.1) is 24.6 Å². The Morgan fingerprint density at radius 1 is 1.10 bits per heavy atom. The second-order valence-electron chi connectivity index (χ2n) is 9.75. The number of hydrogen-bond donors (Lipinski definition) is 3. The smallest absolute Gasteiger partial charge is 0.237 e. The highest BCUT2D eigenvalue weighted by atomic mass is 16.5. The Bertz CT molecular complexity index is 1280. The number of pyridine rings is 1. The Balaban J connectivity index is 0.000000334. The lowest BCUT2D eigenvalue weighted by Gasteiger charge is -2.26. The van der Waals surface area contributed by atoms with Gasteiger partial charge in [0.2, 0.25) is 24.1 Å². The predicted molar refractivity (Wildman–Crippen MR) is 160 cm³/mol. The van der Waals surface area contributed by atoms with Crippen LogP contribution in [0.25, 0.3) is 11.1 Å². The molecule has 1 aromatic carbocycles. The van der Waals surface area contributed by atoms with Gasteiger partial charge in [-0.15, -0.1) is 0 Å². The number of carbonyl (C=O) groups excluding carboxylic acids is 2. The second kappa shape index (κ2) is 14.4. The van der Waals surface area contributed by atoms with Crippen molar-refractivity contribution in [3.63, 3.8) is 0 Å². The van der Waals surface area contributed by atoms with Crippen LogP contribution in [0.2, 0.25) is 0 Å². The van der Waals surface area contributed by atoms with Gasteiger partial charge in [-0.2, -0.15) is 0 Å². The van der Waals surface area contributed by atoms with Crippen molar-refractivity contribution in [2.75, 3.05) is 61.5 Å². The maximum Gasteiger partial charge on any atom is 0.237 e. The number of nitrogens with two attached hydrogens (primary N) is 1. The van der Waals surface area contributed by atoms with Crippen LogP contribution in [0.15, 0.2) is 48.9 Å². The summed E-state index contributed by atoms with van der Waals surface area (Å²) in [5, 5.41) is 5.81. The van der Waals surface area contributed by atoms with Gasteiger partial charge >= 0.3 is 0 Å². The van der Waals surface area contributed by atoms with Crippen LogP contribution in [0, 0.1) is 0 Å². The Morgan fingerprint density at radius 3 is 2.46 bits per heavy atom. The molecule has 1 fully saturated rings. The highest BCUT2D eigenvalue weighted by Crippen LogP contribution is 2.31. The van der Waals surface area contributed by atoms with Crippen LogP contribution < -0.4 is 30.9 Å². The number of nitrogens with one attached hydrogen (secondary N) is 2. The molecular formula is C29H39N9O3. The maximum atomic E-state index is 12.0. The molecule has 0 aliphatic carbocycles. The van der Waals surface area contributed by atoms with E-state index in [9.17, 15) is 9.59 Å². The van der Waals surface area contributed by atoms with E-state index in [0.29, 0.717) is 31.3 Å². The number of carbonyl (C=O) groups is 2. The third-order valence-corrected chi connectivity index (χ3v) is 7.10. The highest BCUT2D eigenvalue weighted by molar-refractivity contribution is 5.96. The summed E-state index contributed by atoms with van der Waals surface area (Å²) in [6.45, 7) is 9.50. The number of nitrogens with zero attached hydrogens (tertiary/aromatic N) is 6. The van der Waals surface area contributed by atoms with E-state index >= 15 is 0 Å². The van der Waals surface area contributed by atoms with E-state index in [0.717, 1.165) is 67.3 Å².